The predicted molar refractivity (Wildman–Crippen MR) is 59.7 cm³/mol. The average Bonchev–Trinajstić information content (AvgIpc) is 1.79. The Bertz CT molecular complexity index is 205. The Balaban J connectivity index is 2.59. The molecule has 0 radical (unpaired) electrons. The monoisotopic (exact) mass is 198 g/mol. The van der Waals surface area contributed by atoms with Gasteiger partial charge in [0.05, 0.1) is 0 Å². The van der Waals surface area contributed by atoms with Crippen molar-refractivity contribution in [2.75, 3.05) is 0 Å². The zero-order valence-electron chi connectivity index (χ0n) is 9.44. The Morgan fingerprint density at radius 1 is 1.38 bits per heavy atom. The van der Waals surface area contributed by atoms with Gasteiger partial charge < -0.3 is 0 Å². The summed E-state index contributed by atoms with van der Waals surface area (Å²) in [6, 6.07) is 1.31. The van der Waals surface area contributed by atoms with Crippen LogP contribution in [0, 0.1) is 5.41 Å². The molecule has 0 N–H and O–H groups in total. The van der Waals surface area contributed by atoms with E-state index in [1.807, 2.05) is 0 Å². The molecule has 13 heavy (non-hydrogen) atoms. The smallest absolute Gasteiger partial charge is 0.133 e. The summed E-state index contributed by atoms with van der Waals surface area (Å²) in [4.78, 5) is 11.4. The van der Waals surface area contributed by atoms with E-state index in [1.54, 1.807) is 0 Å². The van der Waals surface area contributed by atoms with Gasteiger partial charge in [-0.25, -0.2) is 0 Å². The fourth-order valence-corrected chi connectivity index (χ4v) is 5.66. The molecule has 76 valence electrons. The van der Waals surface area contributed by atoms with E-state index in [0.717, 1.165) is 19.3 Å². The first-order chi connectivity index (χ1) is 5.81. The first kappa shape index (κ1) is 11.0. The predicted octanol–water partition coefficient (Wildman–Crippen LogP) is 3.47. The molecule has 1 atom stereocenters. The molecule has 0 amide bonds. The highest BCUT2D eigenvalue weighted by Gasteiger charge is 2.35. The Hall–Kier alpha value is -0.113. The van der Waals surface area contributed by atoms with Gasteiger partial charge in [-0.3, -0.25) is 4.79 Å². The van der Waals surface area contributed by atoms with Gasteiger partial charge in [0.25, 0.3) is 0 Å². The Morgan fingerprint density at radius 2 is 2.00 bits per heavy atom. The maximum atomic E-state index is 11.4. The highest BCUT2D eigenvalue weighted by molar-refractivity contribution is 6.76. The van der Waals surface area contributed by atoms with Gasteiger partial charge in [0.1, 0.15) is 5.78 Å². The number of hydrogen-bond donors (Lipinski definition) is 0. The van der Waals surface area contributed by atoms with Gasteiger partial charge in [0, 0.05) is 20.9 Å². The van der Waals surface area contributed by atoms with Crippen LogP contribution in [0.4, 0.5) is 0 Å². The largest absolute Gasteiger partial charge is 0.300 e. The third-order valence-electron chi connectivity index (χ3n) is 2.82. The van der Waals surface area contributed by atoms with Crippen molar-refractivity contribution in [3.63, 3.8) is 0 Å². The topological polar surface area (TPSA) is 17.1 Å². The van der Waals surface area contributed by atoms with Crippen molar-refractivity contribution in [1.82, 2.24) is 0 Å². The Morgan fingerprint density at radius 3 is 2.46 bits per heavy atom. The van der Waals surface area contributed by atoms with Crippen molar-refractivity contribution in [3.05, 3.63) is 0 Å². The minimum atomic E-state index is -0.999. The molecular formula is C11H22OSi. The Kier molecular flexibility index (Phi) is 3.00. The number of carbonyl (C=O) groups is 1. The average molecular weight is 198 g/mol. The number of carbonyl (C=O) groups excluding carboxylic acids is 1. The second kappa shape index (κ2) is 3.56. The van der Waals surface area contributed by atoms with E-state index in [2.05, 4.69) is 26.6 Å². The van der Waals surface area contributed by atoms with Crippen molar-refractivity contribution >= 4 is 13.9 Å². The van der Waals surface area contributed by atoms with Crippen LogP contribution in [-0.2, 0) is 4.79 Å². The molecule has 0 aromatic carbocycles. The lowest BCUT2D eigenvalue weighted by atomic mass is 9.77. The first-order valence-electron chi connectivity index (χ1n) is 5.33. The van der Waals surface area contributed by atoms with Crippen molar-refractivity contribution in [3.8, 4) is 0 Å². The molecule has 1 aliphatic carbocycles. The van der Waals surface area contributed by atoms with Crippen LogP contribution in [0.3, 0.4) is 0 Å². The van der Waals surface area contributed by atoms with Gasteiger partial charge in [-0.1, -0.05) is 32.6 Å². The van der Waals surface area contributed by atoms with E-state index in [9.17, 15) is 4.79 Å². The summed E-state index contributed by atoms with van der Waals surface area (Å²) in [6.07, 6.45) is 4.07. The number of ketones is 1. The molecule has 2 heteroatoms. The van der Waals surface area contributed by atoms with Crippen molar-refractivity contribution in [1.29, 1.82) is 0 Å². The van der Waals surface area contributed by atoms with E-state index >= 15 is 0 Å². The fraction of sp³-hybridized carbons (Fsp3) is 0.909. The van der Waals surface area contributed by atoms with E-state index in [1.165, 1.54) is 12.5 Å². The van der Waals surface area contributed by atoms with Crippen LogP contribution in [0.5, 0.6) is 0 Å². The standard InChI is InChI=1S/C11H22OSi/c1-11(9-13(2,3)4)7-5-6-10(12)8-11/h5-9H2,1-4H3. The second-order valence-electron chi connectivity index (χ2n) is 6.12. The molecule has 1 nitrogen and oxygen atoms in total. The lowest BCUT2D eigenvalue weighted by Gasteiger charge is -2.37. The zero-order valence-corrected chi connectivity index (χ0v) is 10.4. The summed E-state index contributed by atoms with van der Waals surface area (Å²) in [5.41, 5.74) is 0.347. The number of hydrogen-bond acceptors (Lipinski definition) is 1. The molecule has 0 bridgehead atoms. The minimum Gasteiger partial charge on any atom is -0.300 e. The molecule has 0 saturated heterocycles. The quantitative estimate of drug-likeness (QED) is 0.621. The lowest BCUT2D eigenvalue weighted by Crippen LogP contribution is -2.34. The minimum absolute atomic E-state index is 0.347. The van der Waals surface area contributed by atoms with Crippen LogP contribution < -0.4 is 0 Å². The summed E-state index contributed by atoms with van der Waals surface area (Å²) in [5, 5.41) is 0. The van der Waals surface area contributed by atoms with Gasteiger partial charge in [-0.05, 0) is 18.3 Å². The molecule has 0 spiro atoms. The van der Waals surface area contributed by atoms with Crippen LogP contribution in [-0.4, -0.2) is 13.9 Å². The number of rotatable bonds is 2. The summed E-state index contributed by atoms with van der Waals surface area (Å²) in [5.74, 6) is 0.493. The zero-order chi connectivity index (χ0) is 10.1. The molecule has 1 fully saturated rings. The van der Waals surface area contributed by atoms with Gasteiger partial charge in [-0.2, -0.15) is 0 Å². The van der Waals surface area contributed by atoms with Crippen LogP contribution in [0.15, 0.2) is 0 Å². The SMILES string of the molecule is CC1(C[Si](C)(C)C)CCCC(=O)C1. The molecule has 1 saturated carbocycles. The van der Waals surface area contributed by atoms with E-state index in [4.69, 9.17) is 0 Å². The molecule has 0 aromatic heterocycles. The highest BCUT2D eigenvalue weighted by Crippen LogP contribution is 2.40. The molecular weight excluding hydrogens is 176 g/mol. The Labute approximate surface area is 82.9 Å². The normalized spacial score (nSPS) is 30.6. The van der Waals surface area contributed by atoms with E-state index < -0.39 is 8.07 Å². The van der Waals surface area contributed by atoms with Crippen LogP contribution in [0.2, 0.25) is 25.7 Å². The highest BCUT2D eigenvalue weighted by atomic mass is 28.3. The third-order valence-corrected chi connectivity index (χ3v) is 4.73. The van der Waals surface area contributed by atoms with Crippen LogP contribution in [0.1, 0.15) is 32.6 Å². The van der Waals surface area contributed by atoms with Crippen molar-refractivity contribution in [2.45, 2.75) is 58.3 Å². The van der Waals surface area contributed by atoms with Gasteiger partial charge in [-0.15, -0.1) is 0 Å². The second-order valence-corrected chi connectivity index (χ2v) is 11.6. The van der Waals surface area contributed by atoms with Gasteiger partial charge in [0.15, 0.2) is 0 Å². The van der Waals surface area contributed by atoms with Gasteiger partial charge >= 0.3 is 0 Å². The lowest BCUT2D eigenvalue weighted by molar-refractivity contribution is -0.123. The third kappa shape index (κ3) is 3.63. The molecule has 0 heterocycles. The summed E-state index contributed by atoms with van der Waals surface area (Å²) in [6.45, 7) is 9.51. The van der Waals surface area contributed by atoms with E-state index in [0.29, 0.717) is 11.2 Å². The first-order valence-corrected chi connectivity index (χ1v) is 9.03. The van der Waals surface area contributed by atoms with Crippen molar-refractivity contribution < 1.29 is 4.79 Å². The summed E-state index contributed by atoms with van der Waals surface area (Å²) < 4.78 is 0. The maximum Gasteiger partial charge on any atom is 0.133 e. The fourth-order valence-electron chi connectivity index (χ4n) is 2.80. The number of Topliss-reactive ketones (excluding diaryl/α,β-unsaturated/α-hetero) is 1. The van der Waals surface area contributed by atoms with Crippen LogP contribution in [0.25, 0.3) is 0 Å². The van der Waals surface area contributed by atoms with Crippen molar-refractivity contribution in [2.24, 2.45) is 5.41 Å². The molecule has 1 rings (SSSR count). The van der Waals surface area contributed by atoms with E-state index in [-0.39, 0.29) is 0 Å². The molecule has 0 aromatic rings. The molecule has 1 unspecified atom stereocenters. The summed E-state index contributed by atoms with van der Waals surface area (Å²) in [7, 11) is -0.999. The maximum absolute atomic E-state index is 11.4. The molecule has 0 aliphatic heterocycles. The van der Waals surface area contributed by atoms with Crippen LogP contribution >= 0.6 is 0 Å². The summed E-state index contributed by atoms with van der Waals surface area (Å²) >= 11 is 0. The molecule has 1 aliphatic rings. The van der Waals surface area contributed by atoms with Gasteiger partial charge in [0.2, 0.25) is 0 Å².